The van der Waals surface area contributed by atoms with Gasteiger partial charge in [0.05, 0.1) is 15.9 Å². The van der Waals surface area contributed by atoms with E-state index < -0.39 is 4.92 Å². The zero-order chi connectivity index (χ0) is 23.9. The Balaban J connectivity index is 1.57. The van der Waals surface area contributed by atoms with E-state index in [0.29, 0.717) is 12.1 Å². The van der Waals surface area contributed by atoms with E-state index in [1.54, 1.807) is 22.7 Å². The van der Waals surface area contributed by atoms with Gasteiger partial charge in [0, 0.05) is 44.5 Å². The van der Waals surface area contributed by atoms with Gasteiger partial charge < -0.3 is 5.11 Å². The van der Waals surface area contributed by atoms with Crippen LogP contribution >= 0.6 is 22.7 Å². The average Bonchev–Trinajstić information content (AvgIpc) is 3.54. The fraction of sp³-hybridized carbons (Fsp3) is 0.148. The van der Waals surface area contributed by atoms with Gasteiger partial charge in [-0.25, -0.2) is 0 Å². The van der Waals surface area contributed by atoms with E-state index in [0.717, 1.165) is 16.3 Å². The van der Waals surface area contributed by atoms with E-state index in [1.165, 1.54) is 33.5 Å². The molecule has 1 aliphatic heterocycles. The van der Waals surface area contributed by atoms with Gasteiger partial charge in [-0.05, 0) is 49.6 Å². The maximum Gasteiger partial charge on any atom is 0.270 e. The van der Waals surface area contributed by atoms with Crippen LogP contribution in [0.25, 0.3) is 15.8 Å². The first kappa shape index (κ1) is 22.3. The topological polar surface area (TPSA) is 66.4 Å². The molecule has 3 heterocycles. The van der Waals surface area contributed by atoms with Crippen molar-refractivity contribution in [2.24, 2.45) is 0 Å². The smallest absolute Gasteiger partial charge is 0.270 e. The summed E-state index contributed by atoms with van der Waals surface area (Å²) in [4.78, 5) is 14.5. The molecule has 5 nitrogen and oxygen atoms in total. The van der Waals surface area contributed by atoms with Crippen molar-refractivity contribution < 1.29 is 14.6 Å². The van der Waals surface area contributed by atoms with Crippen molar-refractivity contribution in [1.82, 2.24) is 0 Å². The summed E-state index contributed by atoms with van der Waals surface area (Å²) in [6.07, 6.45) is 4.27. The van der Waals surface area contributed by atoms with Crippen LogP contribution in [0.15, 0.2) is 78.2 Å². The third kappa shape index (κ3) is 3.97. The molecular formula is C27H23N2O3S2+. The number of hydrogen-bond donors (Lipinski definition) is 1. The van der Waals surface area contributed by atoms with Crippen molar-refractivity contribution in [3.8, 4) is 15.5 Å². The standard InChI is InChI=1S/C27H22N2O3S2/c1-27(2)21-6-3-4-7-22(21)28(17-18-16-19(29(31)32)9-12-23(18)30)26(27)14-11-20-10-13-25(34-20)24-8-5-15-33-24/h3-16H,17H2,1-2H3/p+1/b14-11+. The molecule has 0 saturated heterocycles. The molecule has 7 heteroatoms. The number of rotatable bonds is 6. The first-order valence-electron chi connectivity index (χ1n) is 10.9. The average molecular weight is 488 g/mol. The molecule has 170 valence electrons. The van der Waals surface area contributed by atoms with Crippen molar-refractivity contribution in [1.29, 1.82) is 0 Å². The molecule has 0 bridgehead atoms. The summed E-state index contributed by atoms with van der Waals surface area (Å²) in [6.45, 7) is 4.70. The van der Waals surface area contributed by atoms with Crippen LogP contribution in [-0.2, 0) is 12.0 Å². The Morgan fingerprint density at radius 3 is 2.62 bits per heavy atom. The number of thiophene rings is 2. The minimum Gasteiger partial charge on any atom is -0.507 e. The molecule has 5 rings (SSSR count). The zero-order valence-corrected chi connectivity index (χ0v) is 20.4. The summed E-state index contributed by atoms with van der Waals surface area (Å²) in [5.74, 6) is 0.0509. The van der Waals surface area contributed by atoms with Gasteiger partial charge >= 0.3 is 0 Å². The lowest BCUT2D eigenvalue weighted by Gasteiger charge is -2.15. The van der Waals surface area contributed by atoms with Crippen molar-refractivity contribution in [2.45, 2.75) is 25.8 Å². The van der Waals surface area contributed by atoms with Crippen LogP contribution < -0.4 is 0 Å². The fourth-order valence-electron chi connectivity index (χ4n) is 4.45. The van der Waals surface area contributed by atoms with E-state index in [9.17, 15) is 15.2 Å². The largest absolute Gasteiger partial charge is 0.507 e. The molecule has 0 radical (unpaired) electrons. The summed E-state index contributed by atoms with van der Waals surface area (Å²) in [6, 6.07) is 20.8. The first-order chi connectivity index (χ1) is 16.3. The minimum atomic E-state index is -0.433. The summed E-state index contributed by atoms with van der Waals surface area (Å²) in [5, 5.41) is 23.9. The summed E-state index contributed by atoms with van der Waals surface area (Å²) >= 11 is 3.48. The van der Waals surface area contributed by atoms with Crippen LogP contribution in [0, 0.1) is 10.1 Å². The van der Waals surface area contributed by atoms with Gasteiger partial charge in [0.15, 0.2) is 12.3 Å². The normalized spacial score (nSPS) is 14.6. The van der Waals surface area contributed by atoms with E-state index in [-0.39, 0.29) is 16.9 Å². The number of hydrogen-bond acceptors (Lipinski definition) is 5. The Morgan fingerprint density at radius 2 is 1.85 bits per heavy atom. The van der Waals surface area contributed by atoms with E-state index in [2.05, 4.69) is 72.4 Å². The first-order valence-corrected chi connectivity index (χ1v) is 12.6. The summed E-state index contributed by atoms with van der Waals surface area (Å²) < 4.78 is 2.15. The number of nitro groups is 1. The molecule has 0 unspecified atom stereocenters. The predicted octanol–water partition coefficient (Wildman–Crippen LogP) is 7.38. The van der Waals surface area contributed by atoms with Gasteiger partial charge in [0.1, 0.15) is 5.75 Å². The second kappa shape index (κ2) is 8.66. The van der Waals surface area contributed by atoms with Gasteiger partial charge in [-0.3, -0.25) is 10.1 Å². The number of allylic oxidation sites excluding steroid dienone is 1. The number of benzene rings is 2. The number of phenols is 1. The Hall–Kier alpha value is -3.55. The SMILES string of the molecule is CC1(C)C(/C=C/c2ccc(-c3cccs3)s2)=[N+](Cc2cc([N+](=O)[O-])ccc2O)c2ccccc21. The number of nitrogens with zero attached hydrogens (tertiary/aromatic N) is 2. The maximum absolute atomic E-state index is 11.3. The van der Waals surface area contributed by atoms with Crippen LogP contribution in [-0.4, -0.2) is 20.3 Å². The minimum absolute atomic E-state index is 0.0312. The van der Waals surface area contributed by atoms with Crippen LogP contribution in [0.1, 0.15) is 29.9 Å². The Bertz CT molecular complexity index is 1450. The molecule has 0 amide bonds. The third-order valence-corrected chi connectivity index (χ3v) is 8.31. The third-order valence-electron chi connectivity index (χ3n) is 6.20. The Labute approximate surface area is 205 Å². The van der Waals surface area contributed by atoms with Crippen LogP contribution in [0.5, 0.6) is 5.75 Å². The van der Waals surface area contributed by atoms with E-state index in [1.807, 2.05) is 12.1 Å². The highest BCUT2D eigenvalue weighted by Gasteiger charge is 2.44. The molecule has 2 aromatic heterocycles. The molecule has 0 saturated carbocycles. The molecule has 0 fully saturated rings. The van der Waals surface area contributed by atoms with Crippen LogP contribution in [0.2, 0.25) is 0 Å². The van der Waals surface area contributed by atoms with Gasteiger partial charge in [-0.15, -0.1) is 22.7 Å². The highest BCUT2D eigenvalue weighted by Crippen LogP contribution is 2.41. The van der Waals surface area contributed by atoms with Crippen molar-refractivity contribution in [3.05, 3.63) is 104 Å². The van der Waals surface area contributed by atoms with Crippen molar-refractivity contribution in [3.63, 3.8) is 0 Å². The van der Waals surface area contributed by atoms with Gasteiger partial charge in [0.25, 0.3) is 5.69 Å². The molecule has 1 aliphatic rings. The fourth-order valence-corrected chi connectivity index (χ4v) is 6.19. The molecule has 0 aliphatic carbocycles. The molecule has 0 atom stereocenters. The lowest BCUT2D eigenvalue weighted by Crippen LogP contribution is -2.27. The highest BCUT2D eigenvalue weighted by molar-refractivity contribution is 7.21. The number of non-ortho nitro benzene ring substituents is 1. The molecule has 34 heavy (non-hydrogen) atoms. The lowest BCUT2D eigenvalue weighted by atomic mass is 9.81. The maximum atomic E-state index is 11.3. The van der Waals surface area contributed by atoms with E-state index >= 15 is 0 Å². The number of phenolic OH excluding ortho intramolecular Hbond substituents is 1. The van der Waals surface area contributed by atoms with Gasteiger partial charge in [-0.1, -0.05) is 24.3 Å². The lowest BCUT2D eigenvalue weighted by molar-refractivity contribution is -0.455. The van der Waals surface area contributed by atoms with Crippen molar-refractivity contribution >= 4 is 45.8 Å². The summed E-state index contributed by atoms with van der Waals surface area (Å²) in [5.41, 5.74) is 3.52. The number of para-hydroxylation sites is 1. The molecule has 1 N–H and O–H groups in total. The highest BCUT2D eigenvalue weighted by atomic mass is 32.1. The zero-order valence-electron chi connectivity index (χ0n) is 18.8. The Morgan fingerprint density at radius 1 is 1.03 bits per heavy atom. The van der Waals surface area contributed by atoms with Gasteiger partial charge in [0.2, 0.25) is 5.69 Å². The molecule has 0 spiro atoms. The summed E-state index contributed by atoms with van der Waals surface area (Å²) in [7, 11) is 0. The second-order valence-electron chi connectivity index (χ2n) is 8.70. The molecule has 2 aromatic carbocycles. The molecular weight excluding hydrogens is 464 g/mol. The Kier molecular flexibility index (Phi) is 5.67. The monoisotopic (exact) mass is 487 g/mol. The van der Waals surface area contributed by atoms with Gasteiger partial charge in [-0.2, -0.15) is 4.58 Å². The van der Waals surface area contributed by atoms with Crippen LogP contribution in [0.4, 0.5) is 11.4 Å². The number of fused-ring (bicyclic) bond motifs is 1. The second-order valence-corrected chi connectivity index (χ2v) is 10.8. The number of nitro benzene ring substituents is 1. The van der Waals surface area contributed by atoms with Crippen molar-refractivity contribution in [2.75, 3.05) is 0 Å². The molecule has 4 aromatic rings. The van der Waals surface area contributed by atoms with E-state index in [4.69, 9.17) is 0 Å². The quantitative estimate of drug-likeness (QED) is 0.175. The van der Waals surface area contributed by atoms with Crippen LogP contribution in [0.3, 0.4) is 0 Å². The number of aromatic hydroxyl groups is 1. The predicted molar refractivity (Wildman–Crippen MR) is 140 cm³/mol.